The van der Waals surface area contributed by atoms with Gasteiger partial charge in [0.15, 0.2) is 5.78 Å². The fourth-order valence-corrected chi connectivity index (χ4v) is 1.94. The Morgan fingerprint density at radius 1 is 1.30 bits per heavy atom. The number of ketones is 1. The van der Waals surface area contributed by atoms with Crippen LogP contribution in [-0.2, 0) is 6.42 Å². The van der Waals surface area contributed by atoms with E-state index in [0.717, 1.165) is 6.07 Å². The molecule has 0 aliphatic rings. The molecule has 0 radical (unpaired) electrons. The van der Waals surface area contributed by atoms with Crippen molar-refractivity contribution in [2.24, 2.45) is 0 Å². The number of Topliss-reactive ketones (excluding diaryl/α,β-unsaturated/α-hetero) is 1. The summed E-state index contributed by atoms with van der Waals surface area (Å²) in [5.41, 5.74) is 0.113. The molecule has 4 nitrogen and oxygen atoms in total. The summed E-state index contributed by atoms with van der Waals surface area (Å²) in [6.07, 6.45) is 1.29. The van der Waals surface area contributed by atoms with Gasteiger partial charge in [-0.1, -0.05) is 0 Å². The summed E-state index contributed by atoms with van der Waals surface area (Å²) in [6.45, 7) is 5.30. The molecule has 0 N–H and O–H groups in total. The van der Waals surface area contributed by atoms with Gasteiger partial charge in [-0.3, -0.25) is 4.79 Å². The number of halogens is 2. The van der Waals surface area contributed by atoms with E-state index in [9.17, 15) is 13.6 Å². The summed E-state index contributed by atoms with van der Waals surface area (Å²) in [4.78, 5) is 16.1. The molecular weight excluding hydrogens is 264 g/mol. The molecule has 2 aromatic rings. The Morgan fingerprint density at radius 3 is 2.65 bits per heavy atom. The Hall–Kier alpha value is -2.11. The van der Waals surface area contributed by atoms with Crippen molar-refractivity contribution in [2.75, 3.05) is 0 Å². The first kappa shape index (κ1) is 14.3. The van der Waals surface area contributed by atoms with Gasteiger partial charge in [-0.15, -0.1) is 0 Å². The van der Waals surface area contributed by atoms with Crippen LogP contribution in [0.2, 0.25) is 0 Å². The molecule has 1 aromatic heterocycles. The molecule has 0 atom stereocenters. The van der Waals surface area contributed by atoms with Gasteiger partial charge < -0.3 is 0 Å². The van der Waals surface area contributed by atoms with E-state index in [4.69, 9.17) is 0 Å². The van der Waals surface area contributed by atoms with Gasteiger partial charge in [0.25, 0.3) is 0 Å². The highest BCUT2D eigenvalue weighted by molar-refractivity contribution is 5.97. The van der Waals surface area contributed by atoms with E-state index in [0.29, 0.717) is 5.82 Å². The van der Waals surface area contributed by atoms with E-state index >= 15 is 0 Å². The van der Waals surface area contributed by atoms with Gasteiger partial charge in [0, 0.05) is 12.1 Å². The molecule has 6 heteroatoms. The van der Waals surface area contributed by atoms with Crippen molar-refractivity contribution < 1.29 is 13.6 Å². The fourth-order valence-electron chi connectivity index (χ4n) is 1.94. The van der Waals surface area contributed by atoms with Crippen molar-refractivity contribution in [3.05, 3.63) is 47.0 Å². The fraction of sp³-hybridized carbons (Fsp3) is 0.357. The van der Waals surface area contributed by atoms with Gasteiger partial charge >= 0.3 is 0 Å². The largest absolute Gasteiger partial charge is 0.294 e. The standard InChI is InChI=1S/C14H15F2N3O/c1-8(2)19-14(17-7-18-19)6-13(20)10-4-9(3)11(15)5-12(10)16/h4-5,7-8H,6H2,1-3H3. The second kappa shape index (κ2) is 5.48. The minimum Gasteiger partial charge on any atom is -0.294 e. The monoisotopic (exact) mass is 279 g/mol. The van der Waals surface area contributed by atoms with Crippen molar-refractivity contribution in [1.29, 1.82) is 0 Å². The van der Waals surface area contributed by atoms with Crippen LogP contribution in [-0.4, -0.2) is 20.5 Å². The predicted octanol–water partition coefficient (Wildman–Crippen LogP) is 2.87. The first-order chi connectivity index (χ1) is 9.40. The molecule has 1 aromatic carbocycles. The Kier molecular flexibility index (Phi) is 3.92. The van der Waals surface area contributed by atoms with Crippen molar-refractivity contribution in [1.82, 2.24) is 14.8 Å². The summed E-state index contributed by atoms with van der Waals surface area (Å²) in [7, 11) is 0. The highest BCUT2D eigenvalue weighted by Gasteiger charge is 2.18. The summed E-state index contributed by atoms with van der Waals surface area (Å²) >= 11 is 0. The molecule has 0 saturated carbocycles. The van der Waals surface area contributed by atoms with Crippen molar-refractivity contribution in [3.8, 4) is 0 Å². The van der Waals surface area contributed by atoms with Crippen LogP contribution in [0.15, 0.2) is 18.5 Å². The van der Waals surface area contributed by atoms with E-state index < -0.39 is 17.4 Å². The third kappa shape index (κ3) is 2.74. The van der Waals surface area contributed by atoms with Gasteiger partial charge in [-0.2, -0.15) is 5.10 Å². The maximum Gasteiger partial charge on any atom is 0.173 e. The minimum absolute atomic E-state index is 0.0556. The number of nitrogens with zero attached hydrogens (tertiary/aromatic N) is 3. The van der Waals surface area contributed by atoms with Crippen molar-refractivity contribution in [3.63, 3.8) is 0 Å². The molecular formula is C14H15F2N3O. The van der Waals surface area contributed by atoms with Crippen LogP contribution in [0.5, 0.6) is 0 Å². The van der Waals surface area contributed by atoms with E-state index in [-0.39, 0.29) is 23.6 Å². The molecule has 20 heavy (non-hydrogen) atoms. The van der Waals surface area contributed by atoms with Crippen LogP contribution in [0.1, 0.15) is 41.6 Å². The molecule has 0 aliphatic carbocycles. The maximum absolute atomic E-state index is 13.7. The summed E-state index contributed by atoms with van der Waals surface area (Å²) in [6, 6.07) is 2.01. The van der Waals surface area contributed by atoms with Gasteiger partial charge in [0.2, 0.25) is 0 Å². The zero-order valence-electron chi connectivity index (χ0n) is 11.5. The summed E-state index contributed by atoms with van der Waals surface area (Å²) in [5.74, 6) is -1.50. The van der Waals surface area contributed by atoms with E-state index in [2.05, 4.69) is 10.1 Å². The Morgan fingerprint density at radius 2 is 2.00 bits per heavy atom. The molecule has 1 heterocycles. The van der Waals surface area contributed by atoms with Gasteiger partial charge in [-0.05, 0) is 32.4 Å². The van der Waals surface area contributed by atoms with Crippen LogP contribution in [0, 0.1) is 18.6 Å². The van der Waals surface area contributed by atoms with Crippen LogP contribution in [0.4, 0.5) is 8.78 Å². The number of benzene rings is 1. The average molecular weight is 279 g/mol. The van der Waals surface area contributed by atoms with Crippen LogP contribution < -0.4 is 0 Å². The summed E-state index contributed by atoms with van der Waals surface area (Å²) < 4.78 is 28.5. The molecule has 106 valence electrons. The molecule has 0 aliphatic heterocycles. The predicted molar refractivity (Wildman–Crippen MR) is 69.5 cm³/mol. The van der Waals surface area contributed by atoms with E-state index in [1.165, 1.54) is 19.3 Å². The van der Waals surface area contributed by atoms with E-state index in [1.807, 2.05) is 13.8 Å². The highest BCUT2D eigenvalue weighted by atomic mass is 19.1. The third-order valence-electron chi connectivity index (χ3n) is 3.00. The number of rotatable bonds is 4. The lowest BCUT2D eigenvalue weighted by Crippen LogP contribution is -2.14. The Bertz CT molecular complexity index is 650. The van der Waals surface area contributed by atoms with Gasteiger partial charge in [0.1, 0.15) is 23.8 Å². The molecule has 2 rings (SSSR count). The second-order valence-corrected chi connectivity index (χ2v) is 4.90. The number of hydrogen-bond acceptors (Lipinski definition) is 3. The minimum atomic E-state index is -0.853. The highest BCUT2D eigenvalue weighted by Crippen LogP contribution is 2.17. The zero-order chi connectivity index (χ0) is 14.9. The maximum atomic E-state index is 13.7. The van der Waals surface area contributed by atoms with Crippen molar-refractivity contribution in [2.45, 2.75) is 33.2 Å². The second-order valence-electron chi connectivity index (χ2n) is 4.90. The third-order valence-corrected chi connectivity index (χ3v) is 3.00. The molecule has 0 saturated heterocycles. The van der Waals surface area contributed by atoms with Crippen molar-refractivity contribution >= 4 is 5.78 Å². The zero-order valence-corrected chi connectivity index (χ0v) is 11.5. The lowest BCUT2D eigenvalue weighted by molar-refractivity contribution is 0.0985. The number of aromatic nitrogens is 3. The summed E-state index contributed by atoms with van der Waals surface area (Å²) in [5, 5.41) is 4.02. The normalized spacial score (nSPS) is 11.1. The van der Waals surface area contributed by atoms with Crippen LogP contribution >= 0.6 is 0 Å². The Balaban J connectivity index is 2.29. The Labute approximate surface area is 115 Å². The first-order valence-corrected chi connectivity index (χ1v) is 6.27. The number of aryl methyl sites for hydroxylation is 1. The smallest absolute Gasteiger partial charge is 0.173 e. The quantitative estimate of drug-likeness (QED) is 0.808. The average Bonchev–Trinajstić information content (AvgIpc) is 2.81. The van der Waals surface area contributed by atoms with Crippen LogP contribution in [0.25, 0.3) is 0 Å². The molecule has 0 amide bonds. The molecule has 0 bridgehead atoms. The van der Waals surface area contributed by atoms with Gasteiger partial charge in [0.05, 0.1) is 12.0 Å². The topological polar surface area (TPSA) is 47.8 Å². The number of carbonyl (C=O) groups excluding carboxylic acids is 1. The number of hydrogen-bond donors (Lipinski definition) is 0. The molecule has 0 spiro atoms. The SMILES string of the molecule is Cc1cc(C(=O)Cc2ncnn2C(C)C)c(F)cc1F. The first-order valence-electron chi connectivity index (χ1n) is 6.27. The number of carbonyl (C=O) groups is 1. The lowest BCUT2D eigenvalue weighted by Gasteiger charge is -2.09. The molecule has 0 unspecified atom stereocenters. The van der Waals surface area contributed by atoms with E-state index in [1.54, 1.807) is 4.68 Å². The molecule has 0 fully saturated rings. The van der Waals surface area contributed by atoms with Crippen LogP contribution in [0.3, 0.4) is 0 Å². The lowest BCUT2D eigenvalue weighted by atomic mass is 10.0. The van der Waals surface area contributed by atoms with Gasteiger partial charge in [-0.25, -0.2) is 18.4 Å².